The third-order valence-electron chi connectivity index (χ3n) is 6.77. The predicted molar refractivity (Wildman–Crippen MR) is 116 cm³/mol. The SMILES string of the molecule is C[C@@H]1CN(Cc2ccccc2OC(F)F)CC1c1nc2c(cnn2C2CCCC2)c(=O)[nH]1. The zero-order valence-corrected chi connectivity index (χ0v) is 18.0. The van der Waals surface area contributed by atoms with Crippen LogP contribution >= 0.6 is 0 Å². The summed E-state index contributed by atoms with van der Waals surface area (Å²) in [5, 5.41) is 5.01. The van der Waals surface area contributed by atoms with Crippen LogP contribution < -0.4 is 10.3 Å². The summed E-state index contributed by atoms with van der Waals surface area (Å²) in [6, 6.07) is 7.19. The van der Waals surface area contributed by atoms with Crippen molar-refractivity contribution in [3.05, 3.63) is 52.2 Å². The van der Waals surface area contributed by atoms with E-state index in [2.05, 4.69) is 26.6 Å². The van der Waals surface area contributed by atoms with Crippen LogP contribution in [0.3, 0.4) is 0 Å². The van der Waals surface area contributed by atoms with Gasteiger partial charge in [-0.1, -0.05) is 38.0 Å². The molecule has 3 heterocycles. The highest BCUT2D eigenvalue weighted by atomic mass is 19.3. The first-order valence-corrected chi connectivity index (χ1v) is 11.2. The summed E-state index contributed by atoms with van der Waals surface area (Å²) in [5.74, 6) is 1.17. The number of para-hydroxylation sites is 1. The molecule has 0 spiro atoms. The lowest BCUT2D eigenvalue weighted by Gasteiger charge is -2.18. The van der Waals surface area contributed by atoms with Gasteiger partial charge >= 0.3 is 6.61 Å². The minimum Gasteiger partial charge on any atom is -0.434 e. The van der Waals surface area contributed by atoms with E-state index in [1.165, 1.54) is 12.8 Å². The van der Waals surface area contributed by atoms with Crippen molar-refractivity contribution in [2.45, 2.75) is 57.7 Å². The Kier molecular flexibility index (Phi) is 5.67. The second kappa shape index (κ2) is 8.61. The molecule has 1 saturated carbocycles. The van der Waals surface area contributed by atoms with Crippen molar-refractivity contribution >= 4 is 11.0 Å². The number of hydrogen-bond donors (Lipinski definition) is 1. The van der Waals surface area contributed by atoms with Gasteiger partial charge in [0.1, 0.15) is 17.0 Å². The van der Waals surface area contributed by atoms with Crippen molar-refractivity contribution < 1.29 is 13.5 Å². The number of nitrogens with zero attached hydrogens (tertiary/aromatic N) is 4. The van der Waals surface area contributed by atoms with Gasteiger partial charge < -0.3 is 9.72 Å². The molecule has 0 amide bonds. The maximum atomic E-state index is 12.8. The zero-order chi connectivity index (χ0) is 22.2. The molecule has 1 unspecified atom stereocenters. The van der Waals surface area contributed by atoms with Gasteiger partial charge in [-0.3, -0.25) is 9.69 Å². The van der Waals surface area contributed by atoms with Crippen LogP contribution in [0.25, 0.3) is 11.0 Å². The minimum absolute atomic E-state index is 0.0437. The van der Waals surface area contributed by atoms with Gasteiger partial charge in [0.25, 0.3) is 5.56 Å². The molecular formula is C23H27F2N5O2. The number of nitrogens with one attached hydrogen (secondary N) is 1. The van der Waals surface area contributed by atoms with Crippen LogP contribution in [0, 0.1) is 5.92 Å². The Hall–Kier alpha value is -2.81. The van der Waals surface area contributed by atoms with Crippen LogP contribution in [0.2, 0.25) is 0 Å². The molecule has 1 N–H and O–H groups in total. The zero-order valence-electron chi connectivity index (χ0n) is 18.0. The molecular weight excluding hydrogens is 416 g/mol. The van der Waals surface area contributed by atoms with E-state index in [1.54, 1.807) is 18.3 Å². The fourth-order valence-corrected chi connectivity index (χ4v) is 5.18. The van der Waals surface area contributed by atoms with Gasteiger partial charge in [-0.25, -0.2) is 9.67 Å². The first-order chi connectivity index (χ1) is 15.5. The third kappa shape index (κ3) is 4.01. The van der Waals surface area contributed by atoms with Gasteiger partial charge in [-0.05, 0) is 24.8 Å². The summed E-state index contributed by atoms with van der Waals surface area (Å²) >= 11 is 0. The molecule has 2 fully saturated rings. The highest BCUT2D eigenvalue weighted by Gasteiger charge is 2.34. The molecule has 32 heavy (non-hydrogen) atoms. The van der Waals surface area contributed by atoms with Gasteiger partial charge in [0, 0.05) is 31.1 Å². The summed E-state index contributed by atoms with van der Waals surface area (Å²) in [5.41, 5.74) is 1.23. The van der Waals surface area contributed by atoms with Crippen molar-refractivity contribution in [1.29, 1.82) is 0 Å². The van der Waals surface area contributed by atoms with E-state index >= 15 is 0 Å². The van der Waals surface area contributed by atoms with Crippen molar-refractivity contribution in [2.75, 3.05) is 13.1 Å². The lowest BCUT2D eigenvalue weighted by atomic mass is 9.97. The summed E-state index contributed by atoms with van der Waals surface area (Å²) in [6.45, 7) is 1.22. The molecule has 5 rings (SSSR count). The summed E-state index contributed by atoms with van der Waals surface area (Å²) < 4.78 is 32.1. The second-order valence-electron chi connectivity index (χ2n) is 8.98. The quantitative estimate of drug-likeness (QED) is 0.622. The predicted octanol–water partition coefficient (Wildman–Crippen LogP) is 4.07. The fourth-order valence-electron chi connectivity index (χ4n) is 5.18. The van der Waals surface area contributed by atoms with E-state index < -0.39 is 6.61 Å². The van der Waals surface area contributed by atoms with Crippen molar-refractivity contribution in [3.8, 4) is 5.75 Å². The molecule has 7 nitrogen and oxygen atoms in total. The molecule has 0 bridgehead atoms. The standard InChI is InChI=1S/C23H27F2N5O2/c1-14-11-29(12-15-6-2-5-9-19(15)32-23(24)25)13-18(14)20-27-21-17(22(31)28-20)10-26-30(21)16-7-3-4-8-16/h2,5-6,9-10,14,16,18,23H,3-4,7-8,11-13H2,1H3,(H,27,28,31)/t14-,18?/m1/s1. The molecule has 2 atom stereocenters. The summed E-state index contributed by atoms with van der Waals surface area (Å²) in [6.07, 6.45) is 6.09. The second-order valence-corrected chi connectivity index (χ2v) is 8.98. The van der Waals surface area contributed by atoms with E-state index in [4.69, 9.17) is 4.98 Å². The number of halogens is 2. The largest absolute Gasteiger partial charge is 0.434 e. The average Bonchev–Trinajstić information content (AvgIpc) is 3.48. The van der Waals surface area contributed by atoms with E-state index in [1.807, 2.05) is 16.8 Å². The number of aromatic nitrogens is 4. The van der Waals surface area contributed by atoms with E-state index in [9.17, 15) is 13.6 Å². The molecule has 0 radical (unpaired) electrons. The van der Waals surface area contributed by atoms with Gasteiger partial charge in [-0.15, -0.1) is 0 Å². The number of fused-ring (bicyclic) bond motifs is 1. The highest BCUT2D eigenvalue weighted by Crippen LogP contribution is 2.34. The summed E-state index contributed by atoms with van der Waals surface area (Å²) in [4.78, 5) is 22.8. The normalized spacial score (nSPS) is 22.4. The maximum Gasteiger partial charge on any atom is 0.387 e. The number of alkyl halides is 2. The average molecular weight is 443 g/mol. The number of H-pyrrole nitrogens is 1. The van der Waals surface area contributed by atoms with Crippen molar-refractivity contribution in [3.63, 3.8) is 0 Å². The van der Waals surface area contributed by atoms with Crippen molar-refractivity contribution in [2.24, 2.45) is 5.92 Å². The monoisotopic (exact) mass is 443 g/mol. The number of benzene rings is 1. The van der Waals surface area contributed by atoms with Gasteiger partial charge in [0.15, 0.2) is 5.65 Å². The molecule has 1 saturated heterocycles. The van der Waals surface area contributed by atoms with Gasteiger partial charge in [0.05, 0.1) is 12.2 Å². The molecule has 1 aromatic carbocycles. The van der Waals surface area contributed by atoms with Crippen LogP contribution in [0.15, 0.2) is 35.3 Å². The number of rotatable bonds is 6. The Bertz CT molecular complexity index is 1150. The van der Waals surface area contributed by atoms with E-state index in [0.29, 0.717) is 36.0 Å². The van der Waals surface area contributed by atoms with E-state index in [-0.39, 0.29) is 23.1 Å². The minimum atomic E-state index is -2.85. The van der Waals surface area contributed by atoms with Crippen LogP contribution in [0.5, 0.6) is 5.75 Å². The van der Waals surface area contributed by atoms with Crippen LogP contribution in [0.4, 0.5) is 8.78 Å². The highest BCUT2D eigenvalue weighted by molar-refractivity contribution is 5.73. The van der Waals surface area contributed by atoms with Crippen LogP contribution in [0.1, 0.15) is 56.0 Å². The fraction of sp³-hybridized carbons (Fsp3) is 0.522. The number of hydrogen-bond acceptors (Lipinski definition) is 5. The molecule has 1 aliphatic heterocycles. The Morgan fingerprint density at radius 3 is 2.78 bits per heavy atom. The Balaban J connectivity index is 1.39. The van der Waals surface area contributed by atoms with Crippen LogP contribution in [-0.2, 0) is 6.54 Å². The number of aromatic amines is 1. The van der Waals surface area contributed by atoms with Crippen LogP contribution in [-0.4, -0.2) is 44.3 Å². The lowest BCUT2D eigenvalue weighted by Crippen LogP contribution is -2.22. The van der Waals surface area contributed by atoms with Gasteiger partial charge in [0.2, 0.25) is 0 Å². The topological polar surface area (TPSA) is 76.0 Å². The van der Waals surface area contributed by atoms with Gasteiger partial charge in [-0.2, -0.15) is 13.9 Å². The molecule has 1 aliphatic carbocycles. The Morgan fingerprint density at radius 1 is 1.22 bits per heavy atom. The number of likely N-dealkylation sites (tertiary alicyclic amines) is 1. The van der Waals surface area contributed by atoms with Crippen molar-refractivity contribution in [1.82, 2.24) is 24.6 Å². The smallest absolute Gasteiger partial charge is 0.387 e. The molecule has 170 valence electrons. The molecule has 9 heteroatoms. The Labute approximate surface area is 184 Å². The first kappa shape index (κ1) is 21.1. The molecule has 3 aromatic rings. The molecule has 2 aliphatic rings. The summed E-state index contributed by atoms with van der Waals surface area (Å²) in [7, 11) is 0. The third-order valence-corrected chi connectivity index (χ3v) is 6.77. The Morgan fingerprint density at radius 2 is 2.00 bits per heavy atom. The number of ether oxygens (including phenoxy) is 1. The molecule has 2 aromatic heterocycles. The maximum absolute atomic E-state index is 12.8. The first-order valence-electron chi connectivity index (χ1n) is 11.2. The van der Waals surface area contributed by atoms with E-state index in [0.717, 1.165) is 24.9 Å². The lowest BCUT2D eigenvalue weighted by molar-refractivity contribution is -0.0507.